The monoisotopic (exact) mass is 294 g/mol. The molecule has 1 aromatic rings. The van der Waals surface area contributed by atoms with Crippen molar-refractivity contribution in [3.05, 3.63) is 35.4 Å². The molecule has 0 bridgehead atoms. The summed E-state index contributed by atoms with van der Waals surface area (Å²) in [6.45, 7) is 1.59. The lowest BCUT2D eigenvalue weighted by atomic mass is 10.1. The van der Waals surface area contributed by atoms with Gasteiger partial charge in [-0.1, -0.05) is 24.3 Å². The van der Waals surface area contributed by atoms with Crippen molar-refractivity contribution in [1.82, 2.24) is 0 Å². The second-order valence-corrected chi connectivity index (χ2v) is 4.69. The molecular weight excluding hydrogens is 279 g/mol. The molecular formula is C13H17Cl3O. The summed E-state index contributed by atoms with van der Waals surface area (Å²) in [5, 5.41) is 0.194. The molecule has 0 radical (unpaired) electrons. The van der Waals surface area contributed by atoms with Gasteiger partial charge in [-0.2, -0.15) is 0 Å². The van der Waals surface area contributed by atoms with Gasteiger partial charge in [0.15, 0.2) is 5.78 Å². The minimum Gasteiger partial charge on any atom is -0.295 e. The Kier molecular flexibility index (Phi) is 10.7. The van der Waals surface area contributed by atoms with Crippen LogP contribution in [0.4, 0.5) is 0 Å². The molecule has 0 unspecified atom stereocenters. The van der Waals surface area contributed by atoms with E-state index in [1.165, 1.54) is 5.56 Å². The van der Waals surface area contributed by atoms with E-state index < -0.39 is 0 Å². The first kappa shape index (κ1) is 16.8. The largest absolute Gasteiger partial charge is 0.295 e. The fourth-order valence-electron chi connectivity index (χ4n) is 1.33. The van der Waals surface area contributed by atoms with E-state index >= 15 is 0 Å². The van der Waals surface area contributed by atoms with Crippen LogP contribution in [0, 0.1) is 0 Å². The van der Waals surface area contributed by atoms with Crippen molar-refractivity contribution in [1.29, 1.82) is 0 Å². The van der Waals surface area contributed by atoms with E-state index in [-0.39, 0.29) is 11.1 Å². The molecule has 1 nitrogen and oxygen atoms in total. The fraction of sp³-hybridized carbons (Fsp3) is 0.462. The molecule has 17 heavy (non-hydrogen) atoms. The number of rotatable bonds is 5. The van der Waals surface area contributed by atoms with E-state index in [0.717, 1.165) is 30.7 Å². The summed E-state index contributed by atoms with van der Waals surface area (Å²) in [4.78, 5) is 11.0. The molecule has 0 spiro atoms. The highest BCUT2D eigenvalue weighted by Gasteiger charge is 1.98. The Morgan fingerprint density at radius 2 is 1.59 bits per heavy atom. The third kappa shape index (κ3) is 8.48. The van der Waals surface area contributed by atoms with Gasteiger partial charge in [0.05, 0.1) is 5.34 Å². The number of Topliss-reactive ketones (excluding diaryl/α,β-unsaturated/α-hetero) is 1. The SMILES string of the molecule is CC(=O)c1ccc(CCCCCl)cc1.ClCCl. The van der Waals surface area contributed by atoms with Gasteiger partial charge >= 0.3 is 0 Å². The zero-order chi connectivity index (χ0) is 13.1. The summed E-state index contributed by atoms with van der Waals surface area (Å²) in [5.74, 6) is 0.850. The molecule has 1 rings (SSSR count). The molecule has 0 aliphatic heterocycles. The van der Waals surface area contributed by atoms with Gasteiger partial charge in [0.2, 0.25) is 0 Å². The van der Waals surface area contributed by atoms with Crippen LogP contribution >= 0.6 is 34.8 Å². The topological polar surface area (TPSA) is 17.1 Å². The number of benzene rings is 1. The van der Waals surface area contributed by atoms with Gasteiger partial charge < -0.3 is 0 Å². The number of hydrogen-bond donors (Lipinski definition) is 0. The van der Waals surface area contributed by atoms with Crippen molar-refractivity contribution < 1.29 is 4.79 Å². The summed E-state index contributed by atoms with van der Waals surface area (Å²) >= 11 is 15.1. The molecule has 96 valence electrons. The maximum atomic E-state index is 11.0. The minimum absolute atomic E-state index is 0.123. The molecule has 0 fully saturated rings. The highest BCUT2D eigenvalue weighted by atomic mass is 35.5. The molecule has 0 atom stereocenters. The number of carbonyl (C=O) groups excluding carboxylic acids is 1. The Bertz CT molecular complexity index is 309. The van der Waals surface area contributed by atoms with Crippen LogP contribution in [0.25, 0.3) is 0 Å². The van der Waals surface area contributed by atoms with E-state index in [9.17, 15) is 4.79 Å². The Morgan fingerprint density at radius 1 is 1.06 bits per heavy atom. The minimum atomic E-state index is 0.123. The van der Waals surface area contributed by atoms with Crippen molar-refractivity contribution in [2.24, 2.45) is 0 Å². The van der Waals surface area contributed by atoms with E-state index in [1.807, 2.05) is 24.3 Å². The predicted molar refractivity (Wildman–Crippen MR) is 76.7 cm³/mol. The van der Waals surface area contributed by atoms with Crippen molar-refractivity contribution in [3.8, 4) is 0 Å². The van der Waals surface area contributed by atoms with Crippen LogP contribution in [-0.2, 0) is 6.42 Å². The molecule has 1 aromatic carbocycles. The predicted octanol–water partition coefficient (Wildman–Crippen LogP) is 4.87. The zero-order valence-corrected chi connectivity index (χ0v) is 12.2. The second-order valence-electron chi connectivity index (χ2n) is 3.50. The van der Waals surface area contributed by atoms with Gasteiger partial charge in [0.25, 0.3) is 0 Å². The maximum Gasteiger partial charge on any atom is 0.159 e. The molecule has 0 N–H and O–H groups in total. The Labute approximate surface area is 118 Å². The van der Waals surface area contributed by atoms with Crippen LogP contribution in [-0.4, -0.2) is 17.0 Å². The van der Waals surface area contributed by atoms with Crippen molar-refractivity contribution in [2.75, 3.05) is 11.2 Å². The van der Waals surface area contributed by atoms with Gasteiger partial charge in [0, 0.05) is 11.4 Å². The van der Waals surface area contributed by atoms with E-state index in [2.05, 4.69) is 0 Å². The normalized spacial score (nSPS) is 9.41. The van der Waals surface area contributed by atoms with Crippen LogP contribution in [0.5, 0.6) is 0 Å². The summed E-state index contributed by atoms with van der Waals surface area (Å²) in [5.41, 5.74) is 2.06. The van der Waals surface area contributed by atoms with Crippen molar-refractivity contribution in [2.45, 2.75) is 26.2 Å². The lowest BCUT2D eigenvalue weighted by Crippen LogP contribution is -1.92. The van der Waals surface area contributed by atoms with Crippen LogP contribution in [0.3, 0.4) is 0 Å². The van der Waals surface area contributed by atoms with E-state index in [4.69, 9.17) is 34.8 Å². The number of alkyl halides is 3. The maximum absolute atomic E-state index is 11.0. The molecule has 0 amide bonds. The Morgan fingerprint density at radius 3 is 2.00 bits per heavy atom. The average Bonchev–Trinajstić information content (AvgIpc) is 2.31. The second kappa shape index (κ2) is 10.9. The van der Waals surface area contributed by atoms with Gasteiger partial charge in [-0.05, 0) is 31.7 Å². The first-order valence-corrected chi connectivity index (χ1v) is 7.03. The van der Waals surface area contributed by atoms with Crippen LogP contribution in [0.15, 0.2) is 24.3 Å². The summed E-state index contributed by atoms with van der Waals surface area (Å²) in [6.07, 6.45) is 3.21. The van der Waals surface area contributed by atoms with Crippen LogP contribution in [0.1, 0.15) is 35.7 Å². The molecule has 0 aromatic heterocycles. The van der Waals surface area contributed by atoms with Gasteiger partial charge in [-0.25, -0.2) is 0 Å². The number of unbranched alkanes of at least 4 members (excludes halogenated alkanes) is 1. The first-order chi connectivity index (χ1) is 8.15. The van der Waals surface area contributed by atoms with E-state index in [0.29, 0.717) is 0 Å². The number of halogens is 3. The molecule has 0 aliphatic rings. The lowest BCUT2D eigenvalue weighted by molar-refractivity contribution is 0.101. The Hall–Kier alpha value is -0.240. The number of carbonyl (C=O) groups is 1. The van der Waals surface area contributed by atoms with Crippen molar-refractivity contribution >= 4 is 40.6 Å². The van der Waals surface area contributed by atoms with Crippen molar-refractivity contribution in [3.63, 3.8) is 0 Å². The molecule has 0 heterocycles. The quantitative estimate of drug-likeness (QED) is 0.430. The van der Waals surface area contributed by atoms with Gasteiger partial charge in [-0.3, -0.25) is 4.79 Å². The first-order valence-electron chi connectivity index (χ1n) is 5.43. The summed E-state index contributed by atoms with van der Waals surface area (Å²) in [6, 6.07) is 7.81. The molecule has 0 aliphatic carbocycles. The van der Waals surface area contributed by atoms with Gasteiger partial charge in [-0.15, -0.1) is 34.8 Å². The third-order valence-corrected chi connectivity index (χ3v) is 2.48. The van der Waals surface area contributed by atoms with Crippen LogP contribution in [0.2, 0.25) is 0 Å². The lowest BCUT2D eigenvalue weighted by Gasteiger charge is -2.01. The van der Waals surface area contributed by atoms with Gasteiger partial charge in [0.1, 0.15) is 0 Å². The number of hydrogen-bond acceptors (Lipinski definition) is 1. The van der Waals surface area contributed by atoms with Crippen LogP contribution < -0.4 is 0 Å². The number of ketones is 1. The molecule has 0 saturated carbocycles. The zero-order valence-electron chi connectivity index (χ0n) is 9.89. The number of aryl methyl sites for hydroxylation is 1. The third-order valence-electron chi connectivity index (χ3n) is 2.21. The highest BCUT2D eigenvalue weighted by Crippen LogP contribution is 2.08. The Balaban J connectivity index is 0.000000770. The molecule has 0 saturated heterocycles. The molecule has 4 heteroatoms. The average molecular weight is 296 g/mol. The highest BCUT2D eigenvalue weighted by molar-refractivity contribution is 6.40. The standard InChI is InChI=1S/C12H15ClO.CH2Cl2/c1-10(14)12-7-5-11(6-8-12)4-2-3-9-13;2-1-3/h5-8H,2-4,9H2,1H3;1H2. The summed E-state index contributed by atoms with van der Waals surface area (Å²) < 4.78 is 0. The van der Waals surface area contributed by atoms with E-state index in [1.54, 1.807) is 6.92 Å². The smallest absolute Gasteiger partial charge is 0.159 e. The summed E-state index contributed by atoms with van der Waals surface area (Å²) in [7, 11) is 0. The fourth-order valence-corrected chi connectivity index (χ4v) is 1.52.